The predicted octanol–water partition coefficient (Wildman–Crippen LogP) is 3.68. The van der Waals surface area contributed by atoms with Crippen LogP contribution < -0.4 is 5.32 Å². The van der Waals surface area contributed by atoms with E-state index in [9.17, 15) is 0 Å². The Bertz CT molecular complexity index is 410. The molecule has 1 saturated carbocycles. The summed E-state index contributed by atoms with van der Waals surface area (Å²) in [5.74, 6) is 0. The summed E-state index contributed by atoms with van der Waals surface area (Å²) < 4.78 is 8.12. The van der Waals surface area contributed by atoms with Crippen LogP contribution in [0.5, 0.6) is 0 Å². The molecule has 1 aromatic rings. The van der Waals surface area contributed by atoms with E-state index in [-0.39, 0.29) is 11.6 Å². The fourth-order valence-electron chi connectivity index (χ4n) is 3.54. The van der Waals surface area contributed by atoms with Gasteiger partial charge in [0.2, 0.25) is 0 Å². The molecule has 21 heavy (non-hydrogen) atoms. The first-order valence-electron chi connectivity index (χ1n) is 8.56. The van der Waals surface area contributed by atoms with Crippen LogP contribution in [0, 0.1) is 0 Å². The van der Waals surface area contributed by atoms with Crippen LogP contribution in [0.3, 0.4) is 0 Å². The van der Waals surface area contributed by atoms with Crippen molar-refractivity contribution in [2.24, 2.45) is 0 Å². The van der Waals surface area contributed by atoms with E-state index in [0.717, 1.165) is 38.8 Å². The highest BCUT2D eigenvalue weighted by atomic mass is 16.5. The molecule has 1 fully saturated rings. The highest BCUT2D eigenvalue weighted by molar-refractivity contribution is 5.17. The van der Waals surface area contributed by atoms with Gasteiger partial charge in [0, 0.05) is 25.4 Å². The van der Waals surface area contributed by atoms with Gasteiger partial charge in [0.1, 0.15) is 0 Å². The van der Waals surface area contributed by atoms with Gasteiger partial charge in [0.15, 0.2) is 0 Å². The van der Waals surface area contributed by atoms with Gasteiger partial charge in [-0.1, -0.05) is 33.1 Å². The molecule has 0 spiro atoms. The summed E-state index contributed by atoms with van der Waals surface area (Å²) >= 11 is 0. The largest absolute Gasteiger partial charge is 0.376 e. The van der Waals surface area contributed by atoms with Gasteiger partial charge >= 0.3 is 0 Å². The number of aromatic nitrogens is 2. The van der Waals surface area contributed by atoms with Gasteiger partial charge in [-0.2, -0.15) is 5.10 Å². The molecule has 0 radical (unpaired) electrons. The van der Waals surface area contributed by atoms with E-state index >= 15 is 0 Å². The minimum absolute atomic E-state index is 0.0620. The minimum atomic E-state index is -0.0620. The summed E-state index contributed by atoms with van der Waals surface area (Å²) in [4.78, 5) is 0. The van der Waals surface area contributed by atoms with E-state index < -0.39 is 0 Å². The Morgan fingerprint density at radius 1 is 1.29 bits per heavy atom. The average Bonchev–Trinajstić information content (AvgIpc) is 2.97. The lowest BCUT2D eigenvalue weighted by atomic mass is 9.77. The van der Waals surface area contributed by atoms with Crippen LogP contribution in [0.2, 0.25) is 0 Å². The lowest BCUT2D eigenvalue weighted by Gasteiger charge is -2.42. The molecule has 0 bridgehead atoms. The highest BCUT2D eigenvalue weighted by Gasteiger charge is 2.41. The molecule has 0 aromatic carbocycles. The molecule has 1 unspecified atom stereocenters. The number of methoxy groups -OCH3 is 1. The Balaban J connectivity index is 2.22. The Morgan fingerprint density at radius 2 is 2.05 bits per heavy atom. The molecule has 1 aromatic heterocycles. The van der Waals surface area contributed by atoms with Crippen molar-refractivity contribution in [3.63, 3.8) is 0 Å². The lowest BCUT2D eigenvalue weighted by Crippen LogP contribution is -2.47. The molecular formula is C17H31N3O. The van der Waals surface area contributed by atoms with Gasteiger partial charge < -0.3 is 10.1 Å². The van der Waals surface area contributed by atoms with E-state index in [1.807, 2.05) is 13.3 Å². The van der Waals surface area contributed by atoms with Crippen molar-refractivity contribution in [3.05, 3.63) is 18.0 Å². The van der Waals surface area contributed by atoms with Crippen molar-refractivity contribution in [1.29, 1.82) is 0 Å². The molecule has 0 amide bonds. The third-order valence-corrected chi connectivity index (χ3v) is 4.67. The first-order chi connectivity index (χ1) is 10.3. The first kappa shape index (κ1) is 16.5. The fourth-order valence-corrected chi connectivity index (χ4v) is 3.54. The average molecular weight is 293 g/mol. The third-order valence-electron chi connectivity index (χ3n) is 4.67. The van der Waals surface area contributed by atoms with Gasteiger partial charge in [-0.15, -0.1) is 0 Å². The van der Waals surface area contributed by atoms with Crippen LogP contribution in [-0.2, 0) is 11.3 Å². The molecule has 0 aliphatic heterocycles. The van der Waals surface area contributed by atoms with Gasteiger partial charge in [0.05, 0.1) is 17.8 Å². The normalized spacial score (nSPS) is 19.6. The second-order valence-corrected chi connectivity index (χ2v) is 6.25. The second kappa shape index (κ2) is 7.95. The summed E-state index contributed by atoms with van der Waals surface area (Å²) in [7, 11) is 1.88. The molecule has 1 atom stereocenters. The van der Waals surface area contributed by atoms with Gasteiger partial charge in [0.25, 0.3) is 0 Å². The van der Waals surface area contributed by atoms with Crippen LogP contribution >= 0.6 is 0 Å². The zero-order valence-electron chi connectivity index (χ0n) is 13.9. The number of aryl methyl sites for hydroxylation is 1. The molecule has 4 nitrogen and oxygen atoms in total. The molecular weight excluding hydrogens is 262 g/mol. The summed E-state index contributed by atoms with van der Waals surface area (Å²) in [5.41, 5.74) is 1.22. The fraction of sp³-hybridized carbons (Fsp3) is 0.824. The molecule has 1 heterocycles. The highest BCUT2D eigenvalue weighted by Crippen LogP contribution is 2.41. The van der Waals surface area contributed by atoms with Crippen molar-refractivity contribution >= 4 is 0 Å². The minimum Gasteiger partial charge on any atom is -0.376 e. The summed E-state index contributed by atoms with van der Waals surface area (Å²) in [6.45, 7) is 6.41. The summed E-state index contributed by atoms with van der Waals surface area (Å²) in [6, 6.07) is 0.258. The number of hydrogen-bond acceptors (Lipinski definition) is 3. The van der Waals surface area contributed by atoms with Crippen molar-refractivity contribution in [2.75, 3.05) is 13.7 Å². The first-order valence-corrected chi connectivity index (χ1v) is 8.56. The van der Waals surface area contributed by atoms with Crippen molar-refractivity contribution in [2.45, 2.75) is 77.0 Å². The van der Waals surface area contributed by atoms with Crippen LogP contribution in [0.25, 0.3) is 0 Å². The van der Waals surface area contributed by atoms with Crippen molar-refractivity contribution < 1.29 is 4.74 Å². The molecule has 1 aliphatic rings. The SMILES string of the molecule is CCCNC(c1cnn(CCC)c1)C1(OC)CCCCC1. The van der Waals surface area contributed by atoms with Gasteiger partial charge in [-0.05, 0) is 32.2 Å². The maximum absolute atomic E-state index is 6.06. The van der Waals surface area contributed by atoms with Crippen molar-refractivity contribution in [1.82, 2.24) is 15.1 Å². The topological polar surface area (TPSA) is 39.1 Å². The maximum Gasteiger partial charge on any atom is 0.0873 e. The number of rotatable bonds is 8. The van der Waals surface area contributed by atoms with E-state index in [1.165, 1.54) is 24.8 Å². The van der Waals surface area contributed by atoms with Crippen molar-refractivity contribution in [3.8, 4) is 0 Å². The van der Waals surface area contributed by atoms with Crippen LogP contribution in [0.4, 0.5) is 0 Å². The van der Waals surface area contributed by atoms with Crippen LogP contribution in [0.15, 0.2) is 12.4 Å². The summed E-state index contributed by atoms with van der Waals surface area (Å²) in [5, 5.41) is 8.24. The van der Waals surface area contributed by atoms with Crippen LogP contribution in [0.1, 0.15) is 70.4 Å². The molecule has 120 valence electrons. The zero-order valence-corrected chi connectivity index (χ0v) is 13.9. The standard InChI is InChI=1S/C17H31N3O/c1-4-11-18-16(15-13-19-20(14-15)12-5-2)17(21-3)9-7-6-8-10-17/h13-14,16,18H,4-12H2,1-3H3. The predicted molar refractivity (Wildman–Crippen MR) is 86.4 cm³/mol. The quantitative estimate of drug-likeness (QED) is 0.794. The monoisotopic (exact) mass is 293 g/mol. The molecule has 1 N–H and O–H groups in total. The zero-order chi connectivity index (χ0) is 15.1. The summed E-state index contributed by atoms with van der Waals surface area (Å²) in [6.07, 6.45) is 12.6. The molecule has 4 heteroatoms. The number of hydrogen-bond donors (Lipinski definition) is 1. The van der Waals surface area contributed by atoms with E-state index in [0.29, 0.717) is 0 Å². The van der Waals surface area contributed by atoms with E-state index in [2.05, 4.69) is 35.1 Å². The Hall–Kier alpha value is -0.870. The Kier molecular flexibility index (Phi) is 6.24. The third kappa shape index (κ3) is 3.86. The molecule has 2 rings (SSSR count). The number of nitrogens with zero attached hydrogens (tertiary/aromatic N) is 2. The van der Waals surface area contributed by atoms with Gasteiger partial charge in [-0.3, -0.25) is 4.68 Å². The molecule has 0 saturated heterocycles. The molecule has 1 aliphatic carbocycles. The van der Waals surface area contributed by atoms with E-state index in [4.69, 9.17) is 4.74 Å². The van der Waals surface area contributed by atoms with Crippen LogP contribution in [-0.4, -0.2) is 29.0 Å². The smallest absolute Gasteiger partial charge is 0.0873 e. The van der Waals surface area contributed by atoms with E-state index in [1.54, 1.807) is 0 Å². The number of ether oxygens (including phenoxy) is 1. The second-order valence-electron chi connectivity index (χ2n) is 6.25. The lowest BCUT2D eigenvalue weighted by molar-refractivity contribution is -0.0687. The maximum atomic E-state index is 6.06. The number of nitrogens with one attached hydrogen (secondary N) is 1. The van der Waals surface area contributed by atoms with Gasteiger partial charge in [-0.25, -0.2) is 0 Å². The Morgan fingerprint density at radius 3 is 2.67 bits per heavy atom. The Labute approximate surface area is 129 Å².